The number of fused-ring (bicyclic) bond motifs is 1. The number of rotatable bonds is 5. The highest BCUT2D eigenvalue weighted by Crippen LogP contribution is 2.32. The van der Waals surface area contributed by atoms with E-state index in [9.17, 15) is 9.18 Å². The molecule has 3 rings (SSSR count). The molecule has 0 fully saturated rings. The molecule has 0 aliphatic carbocycles. The molecular formula is C17H15FN2O4. The third-order valence-corrected chi connectivity index (χ3v) is 3.34. The summed E-state index contributed by atoms with van der Waals surface area (Å²) in [6, 6.07) is 11.3. The van der Waals surface area contributed by atoms with Crippen LogP contribution >= 0.6 is 0 Å². The maximum Gasteiger partial charge on any atom is 0.265 e. The predicted octanol–water partition coefficient (Wildman–Crippen LogP) is 2.93. The zero-order chi connectivity index (χ0) is 16.9. The van der Waals surface area contributed by atoms with Crippen LogP contribution in [-0.4, -0.2) is 25.0 Å². The van der Waals surface area contributed by atoms with Gasteiger partial charge in [0.25, 0.3) is 5.91 Å². The van der Waals surface area contributed by atoms with Gasteiger partial charge in [-0.3, -0.25) is 4.79 Å². The number of carbonyl (C=O) groups is 1. The largest absolute Gasteiger partial charge is 0.454 e. The minimum Gasteiger partial charge on any atom is -0.454 e. The van der Waals surface area contributed by atoms with Crippen molar-refractivity contribution in [3.8, 4) is 11.5 Å². The molecule has 1 N–H and O–H groups in total. The molecule has 2 aromatic rings. The fraction of sp³-hybridized carbons (Fsp3) is 0.176. The van der Waals surface area contributed by atoms with E-state index in [1.807, 2.05) is 6.07 Å². The van der Waals surface area contributed by atoms with Crippen LogP contribution < -0.4 is 14.8 Å². The highest BCUT2D eigenvalue weighted by atomic mass is 19.1. The number of halogens is 1. The maximum atomic E-state index is 13.4. The van der Waals surface area contributed by atoms with E-state index in [2.05, 4.69) is 10.5 Å². The molecule has 1 aliphatic rings. The summed E-state index contributed by atoms with van der Waals surface area (Å²) in [6.45, 7) is 1.62. The summed E-state index contributed by atoms with van der Waals surface area (Å²) in [6.07, 6.45) is 0. The molecule has 1 amide bonds. The van der Waals surface area contributed by atoms with Crippen LogP contribution in [0.5, 0.6) is 11.5 Å². The number of ether oxygens (including phenoxy) is 2. The van der Waals surface area contributed by atoms with Gasteiger partial charge in [0.15, 0.2) is 18.1 Å². The van der Waals surface area contributed by atoms with E-state index in [-0.39, 0.29) is 19.1 Å². The number of oxime groups is 1. The van der Waals surface area contributed by atoms with E-state index >= 15 is 0 Å². The molecule has 124 valence electrons. The summed E-state index contributed by atoms with van der Waals surface area (Å²) in [5.74, 6) is 0.310. The summed E-state index contributed by atoms with van der Waals surface area (Å²) >= 11 is 0. The second kappa shape index (κ2) is 6.99. The third kappa shape index (κ3) is 3.62. The standard InChI is InChI=1S/C17H15FN2O4/c1-11(12-6-7-15-16(8-12)23-10-22-15)20-24-9-17(21)19-14-5-3-2-4-13(14)18/h2-8H,9-10H2,1H3,(H,19,21)/b20-11+. The quantitative estimate of drug-likeness (QED) is 0.676. The number of anilines is 1. The smallest absolute Gasteiger partial charge is 0.265 e. The molecule has 0 aromatic heterocycles. The number of nitrogens with one attached hydrogen (secondary N) is 1. The first-order valence-corrected chi connectivity index (χ1v) is 7.24. The lowest BCUT2D eigenvalue weighted by molar-refractivity contribution is -0.120. The molecule has 24 heavy (non-hydrogen) atoms. The molecule has 0 radical (unpaired) electrons. The van der Waals surface area contributed by atoms with Crippen molar-refractivity contribution in [1.29, 1.82) is 0 Å². The Hall–Kier alpha value is -3.09. The molecule has 6 nitrogen and oxygen atoms in total. The van der Waals surface area contributed by atoms with E-state index in [4.69, 9.17) is 14.3 Å². The van der Waals surface area contributed by atoms with E-state index in [1.54, 1.807) is 31.2 Å². The van der Waals surface area contributed by atoms with Gasteiger partial charge in [-0.05, 0) is 37.3 Å². The van der Waals surface area contributed by atoms with Gasteiger partial charge in [0.05, 0.1) is 11.4 Å². The van der Waals surface area contributed by atoms with Crippen molar-refractivity contribution in [3.05, 3.63) is 53.8 Å². The molecule has 0 saturated carbocycles. The molecule has 0 atom stereocenters. The fourth-order valence-electron chi connectivity index (χ4n) is 2.11. The maximum absolute atomic E-state index is 13.4. The molecule has 2 aromatic carbocycles. The molecule has 0 unspecified atom stereocenters. The van der Waals surface area contributed by atoms with Crippen LogP contribution in [0.2, 0.25) is 0 Å². The molecule has 1 aliphatic heterocycles. The first kappa shape index (κ1) is 15.8. The summed E-state index contributed by atoms with van der Waals surface area (Å²) < 4.78 is 24.0. The van der Waals surface area contributed by atoms with Gasteiger partial charge in [-0.15, -0.1) is 0 Å². The van der Waals surface area contributed by atoms with Gasteiger partial charge in [0.1, 0.15) is 5.82 Å². The number of para-hydroxylation sites is 1. The van der Waals surface area contributed by atoms with Gasteiger partial charge in [-0.25, -0.2) is 4.39 Å². The minimum absolute atomic E-state index is 0.0996. The number of amides is 1. The lowest BCUT2D eigenvalue weighted by Crippen LogP contribution is -2.18. The average molecular weight is 330 g/mol. The van der Waals surface area contributed by atoms with Gasteiger partial charge < -0.3 is 19.6 Å². The monoisotopic (exact) mass is 330 g/mol. The van der Waals surface area contributed by atoms with Crippen molar-refractivity contribution in [2.45, 2.75) is 6.92 Å². The van der Waals surface area contributed by atoms with Crippen LogP contribution in [0.4, 0.5) is 10.1 Å². The lowest BCUT2D eigenvalue weighted by atomic mass is 10.1. The Morgan fingerprint density at radius 3 is 2.88 bits per heavy atom. The number of benzene rings is 2. The first-order valence-electron chi connectivity index (χ1n) is 7.24. The Kier molecular flexibility index (Phi) is 4.60. The highest BCUT2D eigenvalue weighted by Gasteiger charge is 2.14. The third-order valence-electron chi connectivity index (χ3n) is 3.34. The second-order valence-corrected chi connectivity index (χ2v) is 5.05. The van der Waals surface area contributed by atoms with Gasteiger partial charge in [0.2, 0.25) is 6.79 Å². The summed E-state index contributed by atoms with van der Waals surface area (Å²) in [5.41, 5.74) is 1.46. The van der Waals surface area contributed by atoms with Crippen LogP contribution in [-0.2, 0) is 9.63 Å². The molecule has 0 spiro atoms. The van der Waals surface area contributed by atoms with Crippen LogP contribution in [0.15, 0.2) is 47.6 Å². The molecular weight excluding hydrogens is 315 g/mol. The minimum atomic E-state index is -0.508. The number of nitrogens with zero attached hydrogens (tertiary/aromatic N) is 1. The fourth-order valence-corrected chi connectivity index (χ4v) is 2.11. The van der Waals surface area contributed by atoms with Gasteiger partial charge in [0, 0.05) is 5.56 Å². The Labute approximate surface area is 137 Å². The van der Waals surface area contributed by atoms with Crippen LogP contribution in [0.25, 0.3) is 0 Å². The van der Waals surface area contributed by atoms with Crippen molar-refractivity contribution in [1.82, 2.24) is 0 Å². The van der Waals surface area contributed by atoms with Crippen LogP contribution in [0, 0.1) is 5.82 Å². The molecule has 0 bridgehead atoms. The van der Waals surface area contributed by atoms with Crippen molar-refractivity contribution < 1.29 is 23.5 Å². The van der Waals surface area contributed by atoms with E-state index in [1.165, 1.54) is 12.1 Å². The van der Waals surface area contributed by atoms with Gasteiger partial charge >= 0.3 is 0 Å². The van der Waals surface area contributed by atoms with Crippen molar-refractivity contribution in [2.24, 2.45) is 5.16 Å². The Morgan fingerprint density at radius 1 is 1.25 bits per heavy atom. The van der Waals surface area contributed by atoms with Gasteiger partial charge in [-0.1, -0.05) is 17.3 Å². The Balaban J connectivity index is 1.55. The second-order valence-electron chi connectivity index (χ2n) is 5.05. The SMILES string of the molecule is C/C(=N\OCC(=O)Nc1ccccc1F)c1ccc2c(c1)OCO2. The van der Waals surface area contributed by atoms with E-state index < -0.39 is 11.7 Å². The van der Waals surface area contributed by atoms with E-state index in [0.29, 0.717) is 17.2 Å². The van der Waals surface area contributed by atoms with Gasteiger partial charge in [-0.2, -0.15) is 0 Å². The number of hydrogen-bond acceptors (Lipinski definition) is 5. The highest BCUT2D eigenvalue weighted by molar-refractivity contribution is 5.99. The van der Waals surface area contributed by atoms with Crippen LogP contribution in [0.3, 0.4) is 0 Å². The Bertz CT molecular complexity index is 792. The molecule has 0 saturated heterocycles. The average Bonchev–Trinajstić information content (AvgIpc) is 3.04. The summed E-state index contributed by atoms with van der Waals surface area (Å²) in [7, 11) is 0. The first-order chi connectivity index (χ1) is 11.6. The predicted molar refractivity (Wildman–Crippen MR) is 85.8 cm³/mol. The number of hydrogen-bond donors (Lipinski definition) is 1. The van der Waals surface area contributed by atoms with Crippen molar-refractivity contribution in [2.75, 3.05) is 18.7 Å². The lowest BCUT2D eigenvalue weighted by Gasteiger charge is -2.06. The molecule has 1 heterocycles. The van der Waals surface area contributed by atoms with Crippen molar-refractivity contribution >= 4 is 17.3 Å². The zero-order valence-electron chi connectivity index (χ0n) is 12.9. The van der Waals surface area contributed by atoms with Crippen molar-refractivity contribution in [3.63, 3.8) is 0 Å². The summed E-state index contributed by atoms with van der Waals surface area (Å²) in [5, 5.41) is 6.30. The van der Waals surface area contributed by atoms with E-state index in [0.717, 1.165) is 5.56 Å². The van der Waals surface area contributed by atoms with Crippen LogP contribution in [0.1, 0.15) is 12.5 Å². The topological polar surface area (TPSA) is 69.2 Å². The Morgan fingerprint density at radius 2 is 2.04 bits per heavy atom. The normalized spacial score (nSPS) is 12.8. The molecule has 7 heteroatoms. The summed E-state index contributed by atoms with van der Waals surface area (Å²) in [4.78, 5) is 16.8. The number of carbonyl (C=O) groups excluding carboxylic acids is 1. The zero-order valence-corrected chi connectivity index (χ0v) is 12.9.